The number of ether oxygens (including phenoxy) is 1. The van der Waals surface area contributed by atoms with E-state index in [4.69, 9.17) is 4.74 Å². The van der Waals surface area contributed by atoms with E-state index in [-0.39, 0.29) is 5.57 Å². The fourth-order valence-corrected chi connectivity index (χ4v) is 4.10. The molecule has 0 atom stereocenters. The van der Waals surface area contributed by atoms with Crippen LogP contribution in [-0.4, -0.2) is 11.9 Å². The van der Waals surface area contributed by atoms with Crippen molar-refractivity contribution >= 4 is 17.5 Å². The summed E-state index contributed by atoms with van der Waals surface area (Å²) < 4.78 is 32.1. The van der Waals surface area contributed by atoms with Gasteiger partial charge in [0.25, 0.3) is 0 Å². The van der Waals surface area contributed by atoms with Crippen molar-refractivity contribution < 1.29 is 23.1 Å². The minimum atomic E-state index is -0.701. The van der Waals surface area contributed by atoms with Gasteiger partial charge in [0.2, 0.25) is 0 Å². The van der Waals surface area contributed by atoms with Gasteiger partial charge >= 0.3 is 11.9 Å². The summed E-state index contributed by atoms with van der Waals surface area (Å²) in [5, 5.41) is 0. The lowest BCUT2D eigenvalue weighted by atomic mass is 9.86. The number of hydrogen-bond acceptors (Lipinski definition) is 3. The van der Waals surface area contributed by atoms with Gasteiger partial charge in [0.15, 0.2) is 0 Å². The van der Waals surface area contributed by atoms with Gasteiger partial charge in [-0.2, -0.15) is 0 Å². The molecule has 0 N–H and O–H groups in total. The molecule has 0 radical (unpaired) electrons. The first kappa shape index (κ1) is 18.0. The number of cyclic esters (lactones) is 2. The molecule has 0 spiro atoms. The number of esters is 2. The quantitative estimate of drug-likeness (QED) is 0.419. The third-order valence-electron chi connectivity index (χ3n) is 5.68. The van der Waals surface area contributed by atoms with Crippen molar-refractivity contribution in [2.45, 2.75) is 25.7 Å². The predicted octanol–water partition coefficient (Wildman–Crippen LogP) is 4.97. The highest BCUT2D eigenvalue weighted by Crippen LogP contribution is 2.53. The smallest absolute Gasteiger partial charge is 0.347 e. The molecule has 5 rings (SSSR count). The molecule has 2 aliphatic carbocycles. The van der Waals surface area contributed by atoms with Crippen LogP contribution in [0.5, 0.6) is 0 Å². The van der Waals surface area contributed by atoms with Gasteiger partial charge < -0.3 is 4.74 Å². The number of benzene rings is 2. The van der Waals surface area contributed by atoms with Crippen molar-refractivity contribution in [3.05, 3.63) is 88.0 Å². The van der Waals surface area contributed by atoms with E-state index in [1.165, 1.54) is 24.3 Å². The largest absolute Gasteiger partial charge is 0.386 e. The molecule has 2 saturated carbocycles. The second-order valence-electron chi connectivity index (χ2n) is 7.82. The zero-order chi connectivity index (χ0) is 20.1. The molecule has 146 valence electrons. The summed E-state index contributed by atoms with van der Waals surface area (Å²) in [6.45, 7) is 0. The number of carbonyl (C=O) groups is 2. The summed E-state index contributed by atoms with van der Waals surface area (Å²) >= 11 is 0. The maximum absolute atomic E-state index is 13.5. The van der Waals surface area contributed by atoms with Crippen LogP contribution in [0.3, 0.4) is 0 Å². The third-order valence-corrected chi connectivity index (χ3v) is 5.68. The van der Waals surface area contributed by atoms with Crippen LogP contribution >= 0.6 is 0 Å². The summed E-state index contributed by atoms with van der Waals surface area (Å²) in [5.41, 5.74) is 3.21. The predicted molar refractivity (Wildman–Crippen MR) is 102 cm³/mol. The molecule has 3 nitrogen and oxygen atoms in total. The highest BCUT2D eigenvalue weighted by molar-refractivity contribution is 6.23. The Kier molecular flexibility index (Phi) is 4.19. The van der Waals surface area contributed by atoms with Crippen molar-refractivity contribution in [3.63, 3.8) is 0 Å². The molecule has 1 heterocycles. The Morgan fingerprint density at radius 3 is 1.52 bits per heavy atom. The lowest BCUT2D eigenvalue weighted by Crippen LogP contribution is -2.06. The molecule has 2 aromatic rings. The minimum absolute atomic E-state index is 0.210. The van der Waals surface area contributed by atoms with Crippen LogP contribution in [0.2, 0.25) is 0 Å². The standard InChI is InChI=1S/C24H18F2O3/c25-17-9-5-15(6-10-17)20(16-7-11-18(26)12-8-16)22-21(23(27)29-24(22)28)19(13-1-2-13)14-3-4-14/h5-14H,1-4H2. The molecule has 0 bridgehead atoms. The molecular formula is C24H18F2O3. The van der Waals surface area contributed by atoms with E-state index in [9.17, 15) is 18.4 Å². The number of allylic oxidation sites excluding steroid dienone is 1. The first-order valence-corrected chi connectivity index (χ1v) is 9.80. The Hall–Kier alpha value is -3.08. The Bertz CT molecular complexity index is 1010. The lowest BCUT2D eigenvalue weighted by Gasteiger charge is -2.14. The molecule has 3 aliphatic rings. The number of rotatable bonds is 4. The van der Waals surface area contributed by atoms with Crippen molar-refractivity contribution in [2.24, 2.45) is 11.8 Å². The fourth-order valence-electron chi connectivity index (χ4n) is 4.10. The first-order valence-electron chi connectivity index (χ1n) is 9.80. The number of carbonyl (C=O) groups excluding carboxylic acids is 2. The van der Waals surface area contributed by atoms with Crippen LogP contribution < -0.4 is 0 Å². The van der Waals surface area contributed by atoms with Crippen molar-refractivity contribution in [1.29, 1.82) is 0 Å². The maximum Gasteiger partial charge on any atom is 0.347 e. The van der Waals surface area contributed by atoms with Crippen LogP contribution in [0.25, 0.3) is 5.57 Å². The molecular weight excluding hydrogens is 374 g/mol. The second kappa shape index (κ2) is 6.76. The lowest BCUT2D eigenvalue weighted by molar-refractivity contribution is -0.149. The topological polar surface area (TPSA) is 43.4 Å². The minimum Gasteiger partial charge on any atom is -0.386 e. The van der Waals surface area contributed by atoms with Gasteiger partial charge in [-0.25, -0.2) is 18.4 Å². The Morgan fingerprint density at radius 1 is 0.690 bits per heavy atom. The van der Waals surface area contributed by atoms with Crippen LogP contribution in [0, 0.1) is 23.5 Å². The van der Waals surface area contributed by atoms with Gasteiger partial charge in [0, 0.05) is 5.57 Å². The molecule has 3 fully saturated rings. The number of halogens is 2. The molecule has 0 unspecified atom stereocenters. The van der Waals surface area contributed by atoms with Crippen molar-refractivity contribution in [2.75, 3.05) is 0 Å². The Morgan fingerprint density at radius 2 is 1.10 bits per heavy atom. The molecule has 0 aromatic heterocycles. The summed E-state index contributed by atoms with van der Waals surface area (Å²) in [7, 11) is 0. The van der Waals surface area contributed by atoms with Crippen LogP contribution in [-0.2, 0) is 14.3 Å². The van der Waals surface area contributed by atoms with Crippen LogP contribution in [0.4, 0.5) is 8.78 Å². The normalized spacial score (nSPS) is 18.8. The van der Waals surface area contributed by atoms with E-state index in [1.54, 1.807) is 24.3 Å². The molecule has 5 heteroatoms. The average molecular weight is 392 g/mol. The zero-order valence-corrected chi connectivity index (χ0v) is 15.6. The van der Waals surface area contributed by atoms with Gasteiger partial charge in [-0.3, -0.25) is 0 Å². The van der Waals surface area contributed by atoms with Gasteiger partial charge in [-0.15, -0.1) is 0 Å². The van der Waals surface area contributed by atoms with E-state index >= 15 is 0 Å². The SMILES string of the molecule is O=C1OC(=O)C(=C(C2CC2)C2CC2)C1=C(c1ccc(F)cc1)c1ccc(F)cc1. The highest BCUT2D eigenvalue weighted by Gasteiger charge is 2.46. The van der Waals surface area contributed by atoms with Crippen molar-refractivity contribution in [3.8, 4) is 0 Å². The maximum atomic E-state index is 13.5. The van der Waals surface area contributed by atoms with Gasteiger partial charge in [-0.1, -0.05) is 24.3 Å². The average Bonchev–Trinajstić information content (AvgIpc) is 3.61. The van der Waals surface area contributed by atoms with E-state index in [0.717, 1.165) is 31.3 Å². The third kappa shape index (κ3) is 3.31. The molecule has 1 aliphatic heterocycles. The molecule has 0 amide bonds. The van der Waals surface area contributed by atoms with Crippen molar-refractivity contribution in [1.82, 2.24) is 0 Å². The Balaban J connectivity index is 1.81. The number of hydrogen-bond donors (Lipinski definition) is 0. The summed E-state index contributed by atoms with van der Waals surface area (Å²) in [6.07, 6.45) is 4.03. The van der Waals surface area contributed by atoms with Gasteiger partial charge in [-0.05, 0) is 78.5 Å². The fraction of sp³-hybridized carbons (Fsp3) is 0.250. The van der Waals surface area contributed by atoms with E-state index < -0.39 is 23.6 Å². The summed E-state index contributed by atoms with van der Waals surface area (Å²) in [5.74, 6) is -1.50. The zero-order valence-electron chi connectivity index (χ0n) is 15.6. The molecule has 1 saturated heterocycles. The first-order chi connectivity index (χ1) is 14.0. The highest BCUT2D eigenvalue weighted by atomic mass is 19.1. The van der Waals surface area contributed by atoms with Crippen LogP contribution in [0.1, 0.15) is 36.8 Å². The second-order valence-corrected chi connectivity index (χ2v) is 7.82. The van der Waals surface area contributed by atoms with E-state index in [1.807, 2.05) is 0 Å². The Labute approximate surface area is 166 Å². The van der Waals surface area contributed by atoms with Crippen LogP contribution in [0.15, 0.2) is 65.3 Å². The monoisotopic (exact) mass is 392 g/mol. The molecule has 29 heavy (non-hydrogen) atoms. The van der Waals surface area contributed by atoms with E-state index in [0.29, 0.717) is 34.1 Å². The molecule has 2 aromatic carbocycles. The van der Waals surface area contributed by atoms with Gasteiger partial charge in [0.05, 0.1) is 11.1 Å². The van der Waals surface area contributed by atoms with E-state index in [2.05, 4.69) is 0 Å². The summed E-state index contributed by atoms with van der Waals surface area (Å²) in [4.78, 5) is 25.5. The van der Waals surface area contributed by atoms with Gasteiger partial charge in [0.1, 0.15) is 11.6 Å². The summed E-state index contributed by atoms with van der Waals surface area (Å²) in [6, 6.07) is 11.4.